The zero-order chi connectivity index (χ0) is 11.4. The summed E-state index contributed by atoms with van der Waals surface area (Å²) in [7, 11) is 1.40. The minimum absolute atomic E-state index is 0.0804. The van der Waals surface area contributed by atoms with Crippen LogP contribution in [0.25, 0.3) is 0 Å². The fourth-order valence-corrected chi connectivity index (χ4v) is 1.17. The number of aromatic nitrogens is 2. The third-order valence-electron chi connectivity index (χ3n) is 1.82. The van der Waals surface area contributed by atoms with E-state index in [2.05, 4.69) is 9.97 Å². The molecule has 0 saturated carbocycles. The molecule has 0 saturated heterocycles. The molecular formula is C10H14N2O3. The van der Waals surface area contributed by atoms with E-state index in [0.29, 0.717) is 18.2 Å². The van der Waals surface area contributed by atoms with Crippen molar-refractivity contribution in [1.82, 2.24) is 9.97 Å². The van der Waals surface area contributed by atoms with E-state index in [1.165, 1.54) is 13.3 Å². The quantitative estimate of drug-likeness (QED) is 0.812. The first-order valence-electron chi connectivity index (χ1n) is 4.67. The molecule has 1 heterocycles. The van der Waals surface area contributed by atoms with Gasteiger partial charge in [-0.25, -0.2) is 14.8 Å². The van der Waals surface area contributed by atoms with Crippen LogP contribution in [0.4, 0.5) is 0 Å². The number of hydrogen-bond acceptors (Lipinski definition) is 4. The zero-order valence-corrected chi connectivity index (χ0v) is 9.02. The van der Waals surface area contributed by atoms with Crippen LogP contribution < -0.4 is 4.74 Å². The molecule has 0 aliphatic carbocycles. The summed E-state index contributed by atoms with van der Waals surface area (Å²) in [6, 6.07) is 0. The van der Waals surface area contributed by atoms with Crippen molar-refractivity contribution in [2.75, 3.05) is 7.11 Å². The SMILES string of the molecule is COc1cnc(CC(C)C)nc1C(=O)O. The zero-order valence-electron chi connectivity index (χ0n) is 9.02. The lowest BCUT2D eigenvalue weighted by atomic mass is 10.1. The lowest BCUT2D eigenvalue weighted by Crippen LogP contribution is -2.09. The maximum Gasteiger partial charge on any atom is 0.358 e. The van der Waals surface area contributed by atoms with Crippen molar-refractivity contribution < 1.29 is 14.6 Å². The second-order valence-electron chi connectivity index (χ2n) is 3.61. The number of methoxy groups -OCH3 is 1. The summed E-state index contributed by atoms with van der Waals surface area (Å²) in [5.41, 5.74) is -0.0804. The molecule has 1 rings (SSSR count). The average molecular weight is 210 g/mol. The minimum atomic E-state index is -1.10. The average Bonchev–Trinajstić information content (AvgIpc) is 2.16. The third kappa shape index (κ3) is 2.90. The molecule has 0 fully saturated rings. The molecule has 0 aromatic carbocycles. The number of nitrogens with zero attached hydrogens (tertiary/aromatic N) is 2. The van der Waals surface area contributed by atoms with Crippen molar-refractivity contribution in [2.45, 2.75) is 20.3 Å². The second kappa shape index (κ2) is 4.72. The summed E-state index contributed by atoms with van der Waals surface area (Å²) in [6.45, 7) is 4.04. The van der Waals surface area contributed by atoms with Gasteiger partial charge in [0.05, 0.1) is 13.3 Å². The molecular weight excluding hydrogens is 196 g/mol. The molecule has 0 radical (unpaired) electrons. The molecule has 0 aliphatic rings. The minimum Gasteiger partial charge on any atom is -0.493 e. The maximum absolute atomic E-state index is 10.8. The maximum atomic E-state index is 10.8. The number of hydrogen-bond donors (Lipinski definition) is 1. The van der Waals surface area contributed by atoms with Gasteiger partial charge in [-0.05, 0) is 5.92 Å². The highest BCUT2D eigenvalue weighted by molar-refractivity contribution is 5.88. The predicted molar refractivity (Wildman–Crippen MR) is 54.1 cm³/mol. The summed E-state index contributed by atoms with van der Waals surface area (Å²) in [6.07, 6.45) is 2.05. The molecule has 0 bridgehead atoms. The van der Waals surface area contributed by atoms with E-state index in [1.54, 1.807) is 0 Å². The Labute approximate surface area is 88.1 Å². The van der Waals surface area contributed by atoms with Crippen molar-refractivity contribution >= 4 is 5.97 Å². The van der Waals surface area contributed by atoms with E-state index < -0.39 is 5.97 Å². The van der Waals surface area contributed by atoms with E-state index in [4.69, 9.17) is 9.84 Å². The van der Waals surface area contributed by atoms with Crippen molar-refractivity contribution in [2.24, 2.45) is 5.92 Å². The Balaban J connectivity index is 3.05. The number of ether oxygens (including phenoxy) is 1. The molecule has 15 heavy (non-hydrogen) atoms. The first kappa shape index (κ1) is 11.4. The second-order valence-corrected chi connectivity index (χ2v) is 3.61. The third-order valence-corrected chi connectivity index (χ3v) is 1.82. The highest BCUT2D eigenvalue weighted by Gasteiger charge is 2.14. The van der Waals surface area contributed by atoms with Crippen LogP contribution in [0.1, 0.15) is 30.2 Å². The number of rotatable bonds is 4. The largest absolute Gasteiger partial charge is 0.493 e. The van der Waals surface area contributed by atoms with Gasteiger partial charge < -0.3 is 9.84 Å². The normalized spacial score (nSPS) is 10.4. The van der Waals surface area contributed by atoms with Crippen LogP contribution in [0, 0.1) is 5.92 Å². The van der Waals surface area contributed by atoms with E-state index in [9.17, 15) is 4.79 Å². The summed E-state index contributed by atoms with van der Waals surface area (Å²) in [5, 5.41) is 8.89. The van der Waals surface area contributed by atoms with Crippen LogP contribution in [0.5, 0.6) is 5.75 Å². The molecule has 5 nitrogen and oxygen atoms in total. The van der Waals surface area contributed by atoms with Gasteiger partial charge in [-0.3, -0.25) is 0 Å². The van der Waals surface area contributed by atoms with Crippen LogP contribution in [-0.4, -0.2) is 28.2 Å². The van der Waals surface area contributed by atoms with Gasteiger partial charge in [-0.2, -0.15) is 0 Å². The van der Waals surface area contributed by atoms with E-state index in [1.807, 2.05) is 13.8 Å². The molecule has 1 aromatic rings. The van der Waals surface area contributed by atoms with Gasteiger partial charge in [0, 0.05) is 6.42 Å². The molecule has 0 unspecified atom stereocenters. The summed E-state index contributed by atoms with van der Waals surface area (Å²) in [5.74, 6) is 0.0116. The van der Waals surface area contributed by atoms with Crippen LogP contribution in [-0.2, 0) is 6.42 Å². The lowest BCUT2D eigenvalue weighted by molar-refractivity contribution is 0.0685. The number of aromatic carboxylic acids is 1. The standard InChI is InChI=1S/C10H14N2O3/c1-6(2)4-8-11-5-7(15-3)9(12-8)10(13)14/h5-6H,4H2,1-3H3,(H,13,14). The highest BCUT2D eigenvalue weighted by Crippen LogP contribution is 2.15. The van der Waals surface area contributed by atoms with Gasteiger partial charge in [-0.15, -0.1) is 0 Å². The molecule has 0 atom stereocenters. The topological polar surface area (TPSA) is 72.3 Å². The molecule has 5 heteroatoms. The van der Waals surface area contributed by atoms with Crippen LogP contribution >= 0.6 is 0 Å². The van der Waals surface area contributed by atoms with Crippen molar-refractivity contribution in [3.05, 3.63) is 17.7 Å². The van der Waals surface area contributed by atoms with Crippen LogP contribution in [0.3, 0.4) is 0 Å². The fourth-order valence-electron chi connectivity index (χ4n) is 1.17. The van der Waals surface area contributed by atoms with Crippen molar-refractivity contribution in [3.8, 4) is 5.75 Å². The van der Waals surface area contributed by atoms with Gasteiger partial charge in [-0.1, -0.05) is 13.8 Å². The Kier molecular flexibility index (Phi) is 3.60. The van der Waals surface area contributed by atoms with Gasteiger partial charge in [0.1, 0.15) is 5.82 Å². The van der Waals surface area contributed by atoms with E-state index in [0.717, 1.165) is 0 Å². The summed E-state index contributed by atoms with van der Waals surface area (Å²) in [4.78, 5) is 18.8. The van der Waals surface area contributed by atoms with Crippen LogP contribution in [0.2, 0.25) is 0 Å². The molecule has 1 N–H and O–H groups in total. The Morgan fingerprint density at radius 2 is 2.27 bits per heavy atom. The predicted octanol–water partition coefficient (Wildman–Crippen LogP) is 1.38. The van der Waals surface area contributed by atoms with Crippen molar-refractivity contribution in [1.29, 1.82) is 0 Å². The highest BCUT2D eigenvalue weighted by atomic mass is 16.5. The molecule has 1 aromatic heterocycles. The smallest absolute Gasteiger partial charge is 0.358 e. The van der Waals surface area contributed by atoms with Crippen LogP contribution in [0.15, 0.2) is 6.20 Å². The summed E-state index contributed by atoms with van der Waals surface area (Å²) < 4.78 is 4.86. The lowest BCUT2D eigenvalue weighted by Gasteiger charge is -2.07. The summed E-state index contributed by atoms with van der Waals surface area (Å²) >= 11 is 0. The number of carboxylic acids is 1. The Hall–Kier alpha value is -1.65. The molecule has 0 amide bonds. The van der Waals surface area contributed by atoms with E-state index >= 15 is 0 Å². The number of carboxylic acid groups (broad SMARTS) is 1. The first-order chi connectivity index (χ1) is 7.04. The van der Waals surface area contributed by atoms with Crippen molar-refractivity contribution in [3.63, 3.8) is 0 Å². The van der Waals surface area contributed by atoms with Gasteiger partial charge in [0.2, 0.25) is 0 Å². The van der Waals surface area contributed by atoms with E-state index in [-0.39, 0.29) is 11.4 Å². The molecule has 82 valence electrons. The Morgan fingerprint density at radius 1 is 1.60 bits per heavy atom. The first-order valence-corrected chi connectivity index (χ1v) is 4.67. The van der Waals surface area contributed by atoms with Gasteiger partial charge in [0.25, 0.3) is 0 Å². The number of carbonyl (C=O) groups is 1. The monoisotopic (exact) mass is 210 g/mol. The molecule has 0 spiro atoms. The fraction of sp³-hybridized carbons (Fsp3) is 0.500. The van der Waals surface area contributed by atoms with Gasteiger partial charge in [0.15, 0.2) is 11.4 Å². The Bertz CT molecular complexity index is 364. The molecule has 0 aliphatic heterocycles. The Morgan fingerprint density at radius 3 is 2.73 bits per heavy atom. The van der Waals surface area contributed by atoms with Gasteiger partial charge >= 0.3 is 5.97 Å².